The number of esters is 1. The van der Waals surface area contributed by atoms with Crippen LogP contribution in [0.25, 0.3) is 0 Å². The number of anilines is 1. The summed E-state index contributed by atoms with van der Waals surface area (Å²) in [5.74, 6) is -1.05. The van der Waals surface area contributed by atoms with Crippen molar-refractivity contribution >= 4 is 35.0 Å². The Kier molecular flexibility index (Phi) is 6.91. The lowest BCUT2D eigenvalue weighted by atomic mass is 10.1. The van der Waals surface area contributed by atoms with Gasteiger partial charge in [0.15, 0.2) is 6.61 Å². The van der Waals surface area contributed by atoms with Gasteiger partial charge in [0, 0.05) is 16.5 Å². The molecule has 0 radical (unpaired) electrons. The Morgan fingerprint density at radius 1 is 1.30 bits per heavy atom. The molecule has 0 fully saturated rings. The number of para-hydroxylation sites is 1. The predicted molar refractivity (Wildman–Crippen MR) is 99.5 cm³/mol. The second kappa shape index (κ2) is 9.35. The van der Waals surface area contributed by atoms with E-state index in [2.05, 4.69) is 5.32 Å². The van der Waals surface area contributed by atoms with Gasteiger partial charge in [0.05, 0.1) is 28.0 Å². The summed E-state index contributed by atoms with van der Waals surface area (Å²) in [6.45, 7) is 1.00. The highest BCUT2D eigenvalue weighted by molar-refractivity contribution is 7.99. The topological polar surface area (TPSA) is 122 Å². The minimum Gasteiger partial charge on any atom is -0.452 e. The van der Waals surface area contributed by atoms with Crippen LogP contribution >= 0.6 is 11.8 Å². The summed E-state index contributed by atoms with van der Waals surface area (Å²) in [5.41, 5.74) is 0.860. The second-order valence-electron chi connectivity index (χ2n) is 5.33. The molecule has 0 aliphatic rings. The predicted octanol–water partition coefficient (Wildman–Crippen LogP) is 3.31. The van der Waals surface area contributed by atoms with Crippen molar-refractivity contribution in [3.63, 3.8) is 0 Å². The van der Waals surface area contributed by atoms with Crippen molar-refractivity contribution in [1.29, 1.82) is 5.26 Å². The maximum atomic E-state index is 12.0. The van der Waals surface area contributed by atoms with Crippen LogP contribution in [0.1, 0.15) is 15.9 Å². The van der Waals surface area contributed by atoms with E-state index >= 15 is 0 Å². The third-order valence-electron chi connectivity index (χ3n) is 3.42. The van der Waals surface area contributed by atoms with Crippen molar-refractivity contribution in [2.45, 2.75) is 11.8 Å². The smallest absolute Gasteiger partial charge is 0.338 e. The van der Waals surface area contributed by atoms with Crippen LogP contribution in [0.3, 0.4) is 0 Å². The van der Waals surface area contributed by atoms with Gasteiger partial charge >= 0.3 is 5.97 Å². The zero-order valence-electron chi connectivity index (χ0n) is 14.3. The molecule has 0 atom stereocenters. The lowest BCUT2D eigenvalue weighted by Gasteiger charge is -2.10. The summed E-state index contributed by atoms with van der Waals surface area (Å²) in [6.07, 6.45) is 0. The molecule has 0 bridgehead atoms. The number of rotatable bonds is 7. The lowest BCUT2D eigenvalue weighted by Crippen LogP contribution is -2.21. The molecule has 0 aromatic heterocycles. The monoisotopic (exact) mass is 385 g/mol. The molecule has 0 aliphatic heterocycles. The number of amides is 1. The molecule has 1 N–H and O–H groups in total. The Labute approximate surface area is 159 Å². The molecule has 8 nitrogen and oxygen atoms in total. The third kappa shape index (κ3) is 5.55. The van der Waals surface area contributed by atoms with Gasteiger partial charge in [0.2, 0.25) is 0 Å². The largest absolute Gasteiger partial charge is 0.452 e. The molecule has 27 heavy (non-hydrogen) atoms. The van der Waals surface area contributed by atoms with Crippen molar-refractivity contribution < 1.29 is 19.2 Å². The molecule has 0 aliphatic carbocycles. The number of hydrogen-bond donors (Lipinski definition) is 1. The molecule has 0 saturated carbocycles. The van der Waals surface area contributed by atoms with E-state index < -0.39 is 23.4 Å². The van der Waals surface area contributed by atoms with E-state index in [-0.39, 0.29) is 17.0 Å². The van der Waals surface area contributed by atoms with Crippen LogP contribution in [-0.4, -0.2) is 29.2 Å². The first-order valence-corrected chi connectivity index (χ1v) is 8.71. The second-order valence-corrected chi connectivity index (χ2v) is 6.34. The van der Waals surface area contributed by atoms with Crippen molar-refractivity contribution in [2.75, 3.05) is 17.7 Å². The normalized spacial score (nSPS) is 9.93. The molecule has 2 aromatic rings. The van der Waals surface area contributed by atoms with Gasteiger partial charge in [-0.15, -0.1) is 11.8 Å². The fraction of sp³-hybridized carbons (Fsp3) is 0.167. The lowest BCUT2D eigenvalue weighted by molar-refractivity contribution is -0.385. The van der Waals surface area contributed by atoms with E-state index in [9.17, 15) is 19.7 Å². The van der Waals surface area contributed by atoms with Crippen LogP contribution in [0.15, 0.2) is 47.4 Å². The van der Waals surface area contributed by atoms with Gasteiger partial charge in [0.25, 0.3) is 11.6 Å². The number of aryl methyl sites for hydroxylation is 1. The molecule has 0 unspecified atom stereocenters. The minimum absolute atomic E-state index is 0.101. The quantitative estimate of drug-likeness (QED) is 0.336. The van der Waals surface area contributed by atoms with E-state index in [1.54, 1.807) is 24.3 Å². The van der Waals surface area contributed by atoms with E-state index in [0.29, 0.717) is 11.3 Å². The summed E-state index contributed by atoms with van der Waals surface area (Å²) < 4.78 is 4.96. The molecule has 0 heterocycles. The fourth-order valence-electron chi connectivity index (χ4n) is 2.19. The molecular weight excluding hydrogens is 370 g/mol. The zero-order chi connectivity index (χ0) is 19.8. The van der Waals surface area contributed by atoms with Gasteiger partial charge in [-0.3, -0.25) is 14.9 Å². The molecule has 0 saturated heterocycles. The van der Waals surface area contributed by atoms with Crippen molar-refractivity contribution in [3.05, 3.63) is 63.7 Å². The first-order chi connectivity index (χ1) is 12.9. The number of benzene rings is 2. The van der Waals surface area contributed by atoms with E-state index in [4.69, 9.17) is 10.00 Å². The van der Waals surface area contributed by atoms with Crippen LogP contribution < -0.4 is 5.32 Å². The molecule has 2 rings (SSSR count). The summed E-state index contributed by atoms with van der Waals surface area (Å²) in [6, 6.07) is 12.8. The minimum atomic E-state index is -0.754. The number of nitrogens with one attached hydrogen (secondary N) is 1. The molecule has 0 spiro atoms. The number of carbonyl (C=O) groups excluding carboxylic acids is 2. The number of nitro groups is 1. The number of hydrogen-bond acceptors (Lipinski definition) is 7. The van der Waals surface area contributed by atoms with Crippen molar-refractivity contribution in [2.24, 2.45) is 0 Å². The average molecular weight is 385 g/mol. The molecular formula is C18H15N3O5S. The number of thioether (sulfide) groups is 1. The Bertz CT molecular complexity index is 923. The number of nitriles is 1. The number of nitro benzene ring substituents is 1. The fourth-order valence-corrected chi connectivity index (χ4v) is 2.86. The average Bonchev–Trinajstić information content (AvgIpc) is 2.65. The Morgan fingerprint density at radius 3 is 2.70 bits per heavy atom. The van der Waals surface area contributed by atoms with Gasteiger partial charge in [0.1, 0.15) is 0 Å². The third-order valence-corrected chi connectivity index (χ3v) is 4.36. The first kappa shape index (κ1) is 19.9. The van der Waals surface area contributed by atoms with Crippen LogP contribution in [0, 0.1) is 28.4 Å². The SMILES string of the molecule is Cc1cc(C(=O)OCC(=O)Nc2ccccc2SCC#N)ccc1[N+](=O)[O-]. The Balaban J connectivity index is 1.96. The summed E-state index contributed by atoms with van der Waals surface area (Å²) in [4.78, 5) is 35.1. The van der Waals surface area contributed by atoms with E-state index in [0.717, 1.165) is 4.90 Å². The summed E-state index contributed by atoms with van der Waals surface area (Å²) >= 11 is 1.28. The highest BCUT2D eigenvalue weighted by atomic mass is 32.2. The number of ether oxygens (including phenoxy) is 1. The van der Waals surface area contributed by atoms with Crippen LogP contribution in [0.5, 0.6) is 0 Å². The Hall–Kier alpha value is -3.38. The van der Waals surface area contributed by atoms with Crippen molar-refractivity contribution in [3.8, 4) is 6.07 Å². The van der Waals surface area contributed by atoms with Crippen LogP contribution in [0.4, 0.5) is 11.4 Å². The van der Waals surface area contributed by atoms with Gasteiger partial charge < -0.3 is 10.1 Å². The highest BCUT2D eigenvalue weighted by Gasteiger charge is 2.16. The van der Waals surface area contributed by atoms with Crippen molar-refractivity contribution in [1.82, 2.24) is 0 Å². The first-order valence-electron chi connectivity index (χ1n) is 7.73. The summed E-state index contributed by atoms with van der Waals surface area (Å²) in [5, 5.41) is 22.1. The van der Waals surface area contributed by atoms with Gasteiger partial charge in [-0.2, -0.15) is 5.26 Å². The number of nitrogens with zero attached hydrogens (tertiary/aromatic N) is 2. The Morgan fingerprint density at radius 2 is 2.04 bits per heavy atom. The van der Waals surface area contributed by atoms with Gasteiger partial charge in [-0.05, 0) is 31.2 Å². The maximum absolute atomic E-state index is 12.0. The molecule has 9 heteroatoms. The number of carbonyl (C=O) groups is 2. The molecule has 2 aromatic carbocycles. The highest BCUT2D eigenvalue weighted by Crippen LogP contribution is 2.26. The molecule has 138 valence electrons. The van der Waals surface area contributed by atoms with E-state index in [1.165, 1.54) is 36.9 Å². The zero-order valence-corrected chi connectivity index (χ0v) is 15.1. The standard InChI is InChI=1S/C18H15N3O5S/c1-12-10-13(6-7-15(12)21(24)25)18(23)26-11-17(22)20-14-4-2-3-5-16(14)27-9-8-19/h2-7,10H,9,11H2,1H3,(H,20,22). The van der Waals surface area contributed by atoms with Gasteiger partial charge in [-0.1, -0.05) is 12.1 Å². The van der Waals surface area contributed by atoms with Gasteiger partial charge in [-0.25, -0.2) is 4.79 Å². The van der Waals surface area contributed by atoms with Crippen LogP contribution in [0.2, 0.25) is 0 Å². The summed E-state index contributed by atoms with van der Waals surface area (Å²) in [7, 11) is 0. The van der Waals surface area contributed by atoms with E-state index in [1.807, 2.05) is 6.07 Å². The van der Waals surface area contributed by atoms with Crippen LogP contribution in [-0.2, 0) is 9.53 Å². The molecule has 1 amide bonds. The maximum Gasteiger partial charge on any atom is 0.338 e.